The number of hydrogen-bond acceptors (Lipinski definition) is 7. The van der Waals surface area contributed by atoms with E-state index in [9.17, 15) is 19.8 Å². The highest BCUT2D eigenvalue weighted by atomic mass is 16.6. The average molecular weight is 577 g/mol. The number of nitrogens with one attached hydrogen (secondary N) is 1. The van der Waals surface area contributed by atoms with Crippen LogP contribution in [0.3, 0.4) is 0 Å². The SMILES string of the molecule is O=C1[C@H]2[C@H](C[C@H](COc3ccccc3)[C@@]3(O)O[C@H](c4cccc(O)c4)C[C@@H]23)C(=O)N1c1ccc(Nc2ccccc2)cc1. The molecular formula is C35H32N2O6. The minimum Gasteiger partial charge on any atom is -0.508 e. The molecule has 0 radical (unpaired) electrons. The molecule has 8 heteroatoms. The molecule has 2 saturated heterocycles. The number of ether oxygens (including phenoxy) is 2. The molecule has 218 valence electrons. The van der Waals surface area contributed by atoms with Crippen LogP contribution in [-0.2, 0) is 14.3 Å². The van der Waals surface area contributed by atoms with Crippen molar-refractivity contribution in [3.05, 3.63) is 115 Å². The number of benzene rings is 4. The zero-order valence-electron chi connectivity index (χ0n) is 23.4. The number of fused-ring (bicyclic) bond motifs is 3. The number of aromatic hydroxyl groups is 1. The zero-order chi connectivity index (χ0) is 29.6. The topological polar surface area (TPSA) is 108 Å². The second-order valence-corrected chi connectivity index (χ2v) is 11.5. The Morgan fingerprint density at radius 3 is 2.26 bits per heavy atom. The summed E-state index contributed by atoms with van der Waals surface area (Å²) in [6.45, 7) is 0.119. The molecule has 2 amide bonds. The second-order valence-electron chi connectivity index (χ2n) is 11.5. The molecule has 1 saturated carbocycles. The minimum atomic E-state index is -1.69. The number of carbonyl (C=O) groups excluding carboxylic acids is 2. The van der Waals surface area contributed by atoms with Crippen molar-refractivity contribution in [3.63, 3.8) is 0 Å². The van der Waals surface area contributed by atoms with Gasteiger partial charge in [-0.15, -0.1) is 0 Å². The quantitative estimate of drug-likeness (QED) is 0.239. The van der Waals surface area contributed by atoms with Crippen molar-refractivity contribution in [1.82, 2.24) is 0 Å². The third kappa shape index (κ3) is 4.92. The highest BCUT2D eigenvalue weighted by molar-refractivity contribution is 6.22. The Labute approximate surface area is 249 Å². The van der Waals surface area contributed by atoms with Gasteiger partial charge in [0, 0.05) is 23.2 Å². The average Bonchev–Trinajstić information content (AvgIpc) is 3.51. The van der Waals surface area contributed by atoms with E-state index in [1.807, 2.05) is 78.9 Å². The molecule has 3 aliphatic rings. The number of amides is 2. The molecule has 7 rings (SSSR count). The summed E-state index contributed by atoms with van der Waals surface area (Å²) in [5, 5.41) is 25.6. The van der Waals surface area contributed by atoms with E-state index < -0.39 is 35.6 Å². The number of anilines is 3. The highest BCUT2D eigenvalue weighted by Crippen LogP contribution is 2.58. The van der Waals surface area contributed by atoms with Gasteiger partial charge in [0.1, 0.15) is 11.5 Å². The molecule has 6 atom stereocenters. The number of carbonyl (C=O) groups is 2. The molecule has 0 bridgehead atoms. The van der Waals surface area contributed by atoms with Crippen molar-refractivity contribution in [2.75, 3.05) is 16.8 Å². The predicted octanol–water partition coefficient (Wildman–Crippen LogP) is 5.81. The molecule has 0 aromatic heterocycles. The van der Waals surface area contributed by atoms with Crippen LogP contribution in [0.25, 0.3) is 0 Å². The van der Waals surface area contributed by atoms with E-state index in [1.54, 1.807) is 30.3 Å². The Bertz CT molecular complexity index is 1630. The molecule has 1 aliphatic carbocycles. The van der Waals surface area contributed by atoms with Gasteiger partial charge in [-0.3, -0.25) is 14.5 Å². The van der Waals surface area contributed by atoms with E-state index in [2.05, 4.69) is 5.32 Å². The van der Waals surface area contributed by atoms with E-state index >= 15 is 0 Å². The Hall–Kier alpha value is -4.66. The predicted molar refractivity (Wildman–Crippen MR) is 161 cm³/mol. The number of rotatable bonds is 7. The van der Waals surface area contributed by atoms with Crippen LogP contribution < -0.4 is 15.0 Å². The fourth-order valence-electron chi connectivity index (χ4n) is 6.96. The lowest BCUT2D eigenvalue weighted by Crippen LogP contribution is -2.55. The number of hydrogen-bond donors (Lipinski definition) is 3. The first kappa shape index (κ1) is 27.2. The zero-order valence-corrected chi connectivity index (χ0v) is 23.4. The lowest BCUT2D eigenvalue weighted by Gasteiger charge is -2.44. The standard InChI is InChI=1S/C35H32N2O6/c38-27-11-7-8-22(18-27)31-20-30-32-29(19-23(35(30,41)43-31)21-42-28-12-5-2-6-13-28)33(39)37(34(32)40)26-16-14-25(15-17-26)36-24-9-3-1-4-10-24/h1-18,23,29-32,36,38,41H,19-21H2/t23-,29+,30+,31+,32+,35-/m1/s1. The highest BCUT2D eigenvalue weighted by Gasteiger charge is 2.67. The van der Waals surface area contributed by atoms with Crippen LogP contribution in [0, 0.1) is 23.7 Å². The Morgan fingerprint density at radius 2 is 1.53 bits per heavy atom. The van der Waals surface area contributed by atoms with E-state index in [-0.39, 0.29) is 30.6 Å². The van der Waals surface area contributed by atoms with Crippen LogP contribution in [-0.4, -0.2) is 34.4 Å². The second kappa shape index (κ2) is 10.9. The molecule has 4 aromatic rings. The Balaban J connectivity index is 1.18. The van der Waals surface area contributed by atoms with Crippen LogP contribution in [0.1, 0.15) is 24.5 Å². The molecule has 3 fully saturated rings. The molecule has 2 heterocycles. The van der Waals surface area contributed by atoms with E-state index in [4.69, 9.17) is 9.47 Å². The third-order valence-electron chi connectivity index (χ3n) is 8.99. The molecule has 3 N–H and O–H groups in total. The molecule has 4 aromatic carbocycles. The lowest BCUT2D eigenvalue weighted by atomic mass is 9.64. The molecular weight excluding hydrogens is 544 g/mol. The maximum absolute atomic E-state index is 14.0. The molecule has 0 unspecified atom stereocenters. The van der Waals surface area contributed by atoms with E-state index in [0.717, 1.165) is 11.4 Å². The summed E-state index contributed by atoms with van der Waals surface area (Å²) in [5.74, 6) is -4.11. The van der Waals surface area contributed by atoms with Crippen LogP contribution >= 0.6 is 0 Å². The van der Waals surface area contributed by atoms with Gasteiger partial charge >= 0.3 is 0 Å². The first-order valence-electron chi connectivity index (χ1n) is 14.6. The van der Waals surface area contributed by atoms with Crippen molar-refractivity contribution in [1.29, 1.82) is 0 Å². The third-order valence-corrected chi connectivity index (χ3v) is 8.99. The summed E-state index contributed by atoms with van der Waals surface area (Å²) in [7, 11) is 0. The van der Waals surface area contributed by atoms with Gasteiger partial charge in [0.15, 0.2) is 5.79 Å². The Morgan fingerprint density at radius 1 is 0.837 bits per heavy atom. The first-order valence-corrected chi connectivity index (χ1v) is 14.6. The maximum atomic E-state index is 14.0. The maximum Gasteiger partial charge on any atom is 0.238 e. The normalized spacial score (nSPS) is 27.9. The van der Waals surface area contributed by atoms with Gasteiger partial charge < -0.3 is 25.0 Å². The van der Waals surface area contributed by atoms with Gasteiger partial charge in [-0.1, -0.05) is 48.5 Å². The van der Waals surface area contributed by atoms with Crippen LogP contribution in [0.2, 0.25) is 0 Å². The first-order chi connectivity index (χ1) is 20.9. The van der Waals surface area contributed by atoms with Crippen LogP contribution in [0.4, 0.5) is 17.1 Å². The number of imide groups is 1. The summed E-state index contributed by atoms with van der Waals surface area (Å²) in [6, 6.07) is 33.0. The molecule has 0 spiro atoms. The number of aliphatic hydroxyl groups is 1. The number of nitrogens with zero attached hydrogens (tertiary/aromatic N) is 1. The number of phenols is 1. The Kier molecular flexibility index (Phi) is 6.88. The van der Waals surface area contributed by atoms with Gasteiger partial charge in [0.2, 0.25) is 11.8 Å². The molecule has 8 nitrogen and oxygen atoms in total. The van der Waals surface area contributed by atoms with Gasteiger partial charge in [-0.2, -0.15) is 0 Å². The van der Waals surface area contributed by atoms with E-state index in [0.29, 0.717) is 23.4 Å². The number of para-hydroxylation sites is 2. The van der Waals surface area contributed by atoms with Crippen molar-refractivity contribution in [2.24, 2.45) is 23.7 Å². The van der Waals surface area contributed by atoms with Gasteiger partial charge in [-0.25, -0.2) is 0 Å². The fraction of sp³-hybridized carbons (Fsp3) is 0.257. The lowest BCUT2D eigenvalue weighted by molar-refractivity contribution is -0.272. The van der Waals surface area contributed by atoms with Crippen LogP contribution in [0.5, 0.6) is 11.5 Å². The van der Waals surface area contributed by atoms with Crippen molar-refractivity contribution in [2.45, 2.75) is 24.7 Å². The number of phenolic OH excluding ortho intramolecular Hbond substituents is 1. The van der Waals surface area contributed by atoms with Crippen molar-refractivity contribution in [3.8, 4) is 11.5 Å². The van der Waals surface area contributed by atoms with E-state index in [1.165, 1.54) is 4.90 Å². The summed E-state index contributed by atoms with van der Waals surface area (Å²) in [6.07, 6.45) is 0.0159. The van der Waals surface area contributed by atoms with Crippen LogP contribution in [0.15, 0.2) is 109 Å². The molecule has 43 heavy (non-hydrogen) atoms. The summed E-state index contributed by atoms with van der Waals surface area (Å²) < 4.78 is 12.4. The van der Waals surface area contributed by atoms with Gasteiger partial charge in [-0.05, 0) is 79.1 Å². The smallest absolute Gasteiger partial charge is 0.238 e. The van der Waals surface area contributed by atoms with Gasteiger partial charge in [0.25, 0.3) is 0 Å². The summed E-state index contributed by atoms with van der Waals surface area (Å²) in [5.41, 5.74) is 2.96. The van der Waals surface area contributed by atoms with Crippen molar-refractivity contribution >= 4 is 28.9 Å². The fourth-order valence-corrected chi connectivity index (χ4v) is 6.96. The largest absolute Gasteiger partial charge is 0.508 e. The molecule has 2 aliphatic heterocycles. The van der Waals surface area contributed by atoms with Gasteiger partial charge in [0.05, 0.1) is 30.2 Å². The van der Waals surface area contributed by atoms with Crippen molar-refractivity contribution < 1.29 is 29.3 Å². The summed E-state index contributed by atoms with van der Waals surface area (Å²) in [4.78, 5) is 29.2. The minimum absolute atomic E-state index is 0.0910. The monoisotopic (exact) mass is 576 g/mol. The summed E-state index contributed by atoms with van der Waals surface area (Å²) >= 11 is 0.